The number of amides is 4. The minimum absolute atomic E-state index is 0.0633. The lowest BCUT2D eigenvalue weighted by atomic mass is 10.0. The number of unbranched alkanes of at least 4 members (excludes halogenated alkanes) is 1. The van der Waals surface area contributed by atoms with Crippen LogP contribution in [-0.2, 0) is 38.0 Å². The van der Waals surface area contributed by atoms with Crippen molar-refractivity contribution in [1.29, 1.82) is 0 Å². The summed E-state index contributed by atoms with van der Waals surface area (Å²) in [5.74, 6) is -2.56. The minimum Gasteiger partial charge on any atom is -0.460 e. The van der Waals surface area contributed by atoms with E-state index in [2.05, 4.69) is 22.9 Å². The monoisotopic (exact) mass is 712 g/mol. The Morgan fingerprint density at radius 2 is 1.35 bits per heavy atom. The Labute approximate surface area is 297 Å². The molecule has 278 valence electrons. The molecule has 4 amide bonds. The zero-order valence-electron chi connectivity index (χ0n) is 29.1. The number of ether oxygens (including phenoxy) is 6. The predicted octanol–water partition coefficient (Wildman–Crippen LogP) is 2.65. The number of nitrogens with zero attached hydrogens (tertiary/aromatic N) is 1. The number of carbonyl (C=O) groups excluding carboxylic acids is 5. The number of hydrogen-bond acceptors (Lipinski definition) is 13. The van der Waals surface area contributed by atoms with E-state index in [0.29, 0.717) is 77.3 Å². The first-order chi connectivity index (χ1) is 24.9. The van der Waals surface area contributed by atoms with E-state index in [4.69, 9.17) is 28.4 Å². The van der Waals surface area contributed by atoms with E-state index in [1.165, 1.54) is 0 Å². The maximum absolute atomic E-state index is 13.1. The molecule has 2 heterocycles. The van der Waals surface area contributed by atoms with Crippen LogP contribution in [0.2, 0.25) is 0 Å². The summed E-state index contributed by atoms with van der Waals surface area (Å²) >= 11 is 0. The fraction of sp³-hybridized carbons (Fsp3) is 0.528. The minimum atomic E-state index is -1.01. The third-order valence-corrected chi connectivity index (χ3v) is 7.96. The van der Waals surface area contributed by atoms with Crippen molar-refractivity contribution >= 4 is 41.0 Å². The Bertz CT molecular complexity index is 1450. The highest BCUT2D eigenvalue weighted by atomic mass is 16.6. The molecule has 0 saturated carbocycles. The fourth-order valence-electron chi connectivity index (χ4n) is 5.31. The van der Waals surface area contributed by atoms with Crippen molar-refractivity contribution in [2.24, 2.45) is 0 Å². The molecule has 1 unspecified atom stereocenters. The molecule has 1 atom stereocenters. The Balaban J connectivity index is 0.932. The van der Waals surface area contributed by atoms with Gasteiger partial charge in [-0.25, -0.2) is 4.79 Å². The quantitative estimate of drug-likeness (QED) is 0.0778. The van der Waals surface area contributed by atoms with E-state index in [1.807, 2.05) is 12.1 Å². The van der Waals surface area contributed by atoms with Crippen LogP contribution in [0.1, 0.15) is 63.7 Å². The van der Waals surface area contributed by atoms with E-state index in [0.717, 1.165) is 30.0 Å². The molecule has 3 N–H and O–H groups in total. The maximum atomic E-state index is 13.1. The predicted molar refractivity (Wildman–Crippen MR) is 186 cm³/mol. The number of imide groups is 2. The lowest BCUT2D eigenvalue weighted by molar-refractivity contribution is -0.136. The summed E-state index contributed by atoms with van der Waals surface area (Å²) in [5, 5.41) is 8.63. The summed E-state index contributed by atoms with van der Waals surface area (Å²) in [4.78, 5) is 63.0. The second-order valence-electron chi connectivity index (χ2n) is 11.7. The van der Waals surface area contributed by atoms with Crippen LogP contribution in [0.5, 0.6) is 0 Å². The van der Waals surface area contributed by atoms with Crippen LogP contribution in [0, 0.1) is 0 Å². The van der Waals surface area contributed by atoms with Gasteiger partial charge in [0.05, 0.1) is 82.8 Å². The van der Waals surface area contributed by atoms with Crippen LogP contribution in [0.3, 0.4) is 0 Å². The Morgan fingerprint density at radius 3 is 1.96 bits per heavy atom. The second kappa shape index (κ2) is 21.7. The summed E-state index contributed by atoms with van der Waals surface area (Å²) in [6, 6.07) is 11.1. The summed E-state index contributed by atoms with van der Waals surface area (Å²) in [6.45, 7) is 7.36. The first kappa shape index (κ1) is 39.4. The smallest absolute Gasteiger partial charge is 0.338 e. The summed E-state index contributed by atoms with van der Waals surface area (Å²) in [5.41, 5.74) is 2.37. The first-order valence-electron chi connectivity index (χ1n) is 17.4. The molecular formula is C36H48N4O11. The fourth-order valence-corrected chi connectivity index (χ4v) is 5.31. The normalized spacial score (nSPS) is 15.5. The number of fused-ring (bicyclic) bond motifs is 1. The van der Waals surface area contributed by atoms with Gasteiger partial charge in [0.25, 0.3) is 11.8 Å². The van der Waals surface area contributed by atoms with Gasteiger partial charge in [-0.15, -0.1) is 0 Å². The van der Waals surface area contributed by atoms with Gasteiger partial charge in [0, 0.05) is 30.9 Å². The highest BCUT2D eigenvalue weighted by molar-refractivity contribution is 6.25. The molecular weight excluding hydrogens is 664 g/mol. The Kier molecular flexibility index (Phi) is 16.8. The molecule has 1 fully saturated rings. The molecule has 15 heteroatoms. The van der Waals surface area contributed by atoms with Gasteiger partial charge >= 0.3 is 5.97 Å². The van der Waals surface area contributed by atoms with E-state index >= 15 is 0 Å². The van der Waals surface area contributed by atoms with Crippen LogP contribution in [-0.4, -0.2) is 126 Å². The highest BCUT2D eigenvalue weighted by Crippen LogP contribution is 2.32. The molecule has 15 nitrogen and oxygen atoms in total. The van der Waals surface area contributed by atoms with Crippen molar-refractivity contribution in [2.75, 3.05) is 96.4 Å². The number of nitrogens with one attached hydrogen (secondary N) is 3. The zero-order chi connectivity index (χ0) is 36.3. The van der Waals surface area contributed by atoms with Crippen molar-refractivity contribution in [3.8, 4) is 0 Å². The van der Waals surface area contributed by atoms with E-state index in [1.54, 1.807) is 30.3 Å². The first-order valence-corrected chi connectivity index (χ1v) is 17.4. The van der Waals surface area contributed by atoms with Gasteiger partial charge in [-0.3, -0.25) is 29.4 Å². The van der Waals surface area contributed by atoms with Crippen LogP contribution in [0.25, 0.3) is 0 Å². The summed E-state index contributed by atoms with van der Waals surface area (Å²) < 4.78 is 32.7. The molecule has 2 aromatic carbocycles. The SMILES string of the molecule is CCCCNc1ccc(C(=O)OCCOCCOCCOCCOCCOCCNc2cccc3c2C(=O)N(C2CCC(=O)NC2=O)C3=O)cc1. The topological polar surface area (TPSA) is 180 Å². The molecule has 0 aliphatic carbocycles. The van der Waals surface area contributed by atoms with Crippen LogP contribution in [0.15, 0.2) is 42.5 Å². The van der Waals surface area contributed by atoms with E-state index in [9.17, 15) is 24.0 Å². The molecule has 51 heavy (non-hydrogen) atoms. The lowest BCUT2D eigenvalue weighted by Gasteiger charge is -2.27. The van der Waals surface area contributed by atoms with Gasteiger partial charge in [-0.1, -0.05) is 19.4 Å². The highest BCUT2D eigenvalue weighted by Gasteiger charge is 2.45. The number of esters is 1. The standard InChI is InChI=1S/C36H48N4O11/c1-2-3-13-37-27-9-7-26(8-10-27)36(45)51-25-24-50-23-22-49-21-20-48-19-18-47-17-16-46-15-14-38-29-6-4-5-28-32(29)35(44)40(34(28)43)30-11-12-31(41)39-33(30)42/h4-10,30,37-38H,2-3,11-25H2,1H3,(H,39,41,42). The van der Waals surface area contributed by atoms with E-state index < -0.39 is 29.7 Å². The molecule has 0 bridgehead atoms. The summed E-state index contributed by atoms with van der Waals surface area (Å²) in [6.07, 6.45) is 2.38. The molecule has 0 radical (unpaired) electrons. The van der Waals surface area contributed by atoms with Crippen LogP contribution >= 0.6 is 0 Å². The lowest BCUT2D eigenvalue weighted by Crippen LogP contribution is -2.54. The number of carbonyl (C=O) groups is 5. The molecule has 0 spiro atoms. The molecule has 4 rings (SSSR count). The van der Waals surface area contributed by atoms with Crippen molar-refractivity contribution in [2.45, 2.75) is 38.6 Å². The average Bonchev–Trinajstić information content (AvgIpc) is 3.38. The largest absolute Gasteiger partial charge is 0.460 e. The number of hydrogen-bond donors (Lipinski definition) is 3. The van der Waals surface area contributed by atoms with Gasteiger partial charge in [-0.2, -0.15) is 0 Å². The average molecular weight is 713 g/mol. The molecule has 1 saturated heterocycles. The van der Waals surface area contributed by atoms with Crippen molar-refractivity contribution in [1.82, 2.24) is 10.2 Å². The number of benzene rings is 2. The summed E-state index contributed by atoms with van der Waals surface area (Å²) in [7, 11) is 0. The van der Waals surface area contributed by atoms with Gasteiger partial charge in [0.2, 0.25) is 11.8 Å². The van der Waals surface area contributed by atoms with Crippen LogP contribution in [0.4, 0.5) is 11.4 Å². The second-order valence-corrected chi connectivity index (χ2v) is 11.7. The number of piperidine rings is 1. The Hall–Kier alpha value is -4.41. The van der Waals surface area contributed by atoms with Gasteiger partial charge in [0.15, 0.2) is 0 Å². The van der Waals surface area contributed by atoms with Crippen molar-refractivity contribution < 1.29 is 52.4 Å². The molecule has 2 aliphatic heterocycles. The molecule has 0 aromatic heterocycles. The molecule has 2 aromatic rings. The third-order valence-electron chi connectivity index (χ3n) is 7.96. The number of rotatable bonds is 25. The van der Waals surface area contributed by atoms with Gasteiger partial charge in [0.1, 0.15) is 12.6 Å². The van der Waals surface area contributed by atoms with E-state index in [-0.39, 0.29) is 43.2 Å². The van der Waals surface area contributed by atoms with Crippen LogP contribution < -0.4 is 16.0 Å². The Morgan fingerprint density at radius 1 is 0.745 bits per heavy atom. The molecule has 2 aliphatic rings. The zero-order valence-corrected chi connectivity index (χ0v) is 29.1. The van der Waals surface area contributed by atoms with Crippen molar-refractivity contribution in [3.05, 3.63) is 59.2 Å². The van der Waals surface area contributed by atoms with Gasteiger partial charge in [-0.05, 0) is 49.2 Å². The number of anilines is 2. The third kappa shape index (κ3) is 12.4. The van der Waals surface area contributed by atoms with Gasteiger partial charge < -0.3 is 39.1 Å². The van der Waals surface area contributed by atoms with Crippen molar-refractivity contribution in [3.63, 3.8) is 0 Å². The maximum Gasteiger partial charge on any atom is 0.338 e.